The first-order valence-corrected chi connectivity index (χ1v) is 8.60. The Kier molecular flexibility index (Phi) is 4.32. The smallest absolute Gasteiger partial charge is 0.407 e. The summed E-state index contributed by atoms with van der Waals surface area (Å²) in [6.45, 7) is 0.504. The highest BCUT2D eigenvalue weighted by atomic mass is 16.5. The number of amides is 1. The molecule has 0 heterocycles. The van der Waals surface area contributed by atoms with E-state index in [9.17, 15) is 9.90 Å². The van der Waals surface area contributed by atoms with Crippen molar-refractivity contribution < 1.29 is 14.6 Å². The maximum atomic E-state index is 12.1. The summed E-state index contributed by atoms with van der Waals surface area (Å²) in [6.07, 6.45) is -0.491. The van der Waals surface area contributed by atoms with Crippen molar-refractivity contribution in [2.75, 3.05) is 6.61 Å². The summed E-state index contributed by atoms with van der Waals surface area (Å²) >= 11 is 0. The fourth-order valence-corrected chi connectivity index (χ4v) is 3.48. The Morgan fingerprint density at radius 1 is 0.885 bits per heavy atom. The molecule has 4 heteroatoms. The van der Waals surface area contributed by atoms with Gasteiger partial charge in [0.05, 0.1) is 0 Å². The molecule has 4 nitrogen and oxygen atoms in total. The van der Waals surface area contributed by atoms with Gasteiger partial charge in [0.15, 0.2) is 0 Å². The van der Waals surface area contributed by atoms with Crippen molar-refractivity contribution in [3.63, 3.8) is 0 Å². The van der Waals surface area contributed by atoms with E-state index in [1.54, 1.807) is 18.2 Å². The number of hydrogen-bond acceptors (Lipinski definition) is 3. The molecule has 1 aliphatic rings. The summed E-state index contributed by atoms with van der Waals surface area (Å²) < 4.78 is 5.47. The van der Waals surface area contributed by atoms with Gasteiger partial charge in [-0.15, -0.1) is 0 Å². The molecule has 0 aromatic heterocycles. The van der Waals surface area contributed by atoms with Crippen LogP contribution in [0.15, 0.2) is 72.8 Å². The molecular weight excluding hydrogens is 326 g/mol. The van der Waals surface area contributed by atoms with Gasteiger partial charge in [-0.05, 0) is 28.3 Å². The van der Waals surface area contributed by atoms with Crippen molar-refractivity contribution in [1.29, 1.82) is 0 Å². The standard InChI is InChI=1S/C22H19NO3/c24-21-12-6-1-7-15(21)13-23-22(25)26-14-20-18-10-4-2-8-16(18)17-9-3-5-11-19(17)20/h1-12,20,24H,13-14H2,(H,23,25). The Hall–Kier alpha value is -3.27. The van der Waals surface area contributed by atoms with Gasteiger partial charge in [-0.2, -0.15) is 0 Å². The predicted molar refractivity (Wildman–Crippen MR) is 100 cm³/mol. The molecule has 0 atom stereocenters. The van der Waals surface area contributed by atoms with Crippen molar-refractivity contribution in [2.24, 2.45) is 0 Å². The molecule has 0 bridgehead atoms. The van der Waals surface area contributed by atoms with Crippen molar-refractivity contribution in [2.45, 2.75) is 12.5 Å². The van der Waals surface area contributed by atoms with Crippen LogP contribution in [0.25, 0.3) is 11.1 Å². The zero-order valence-electron chi connectivity index (χ0n) is 14.2. The second kappa shape index (κ2) is 6.92. The fraction of sp³-hybridized carbons (Fsp3) is 0.136. The van der Waals surface area contributed by atoms with Gasteiger partial charge in [-0.3, -0.25) is 0 Å². The molecule has 0 radical (unpaired) electrons. The molecule has 0 fully saturated rings. The summed E-state index contributed by atoms with van der Waals surface area (Å²) in [6, 6.07) is 23.4. The summed E-state index contributed by atoms with van der Waals surface area (Å²) in [5.41, 5.74) is 5.42. The van der Waals surface area contributed by atoms with Crippen LogP contribution in [0.3, 0.4) is 0 Å². The van der Waals surface area contributed by atoms with Gasteiger partial charge < -0.3 is 15.2 Å². The molecule has 3 aromatic rings. The van der Waals surface area contributed by atoms with Crippen LogP contribution < -0.4 is 5.32 Å². The Labute approximate surface area is 152 Å². The van der Waals surface area contributed by atoms with Crippen LogP contribution in [-0.4, -0.2) is 17.8 Å². The number of para-hydroxylation sites is 1. The largest absolute Gasteiger partial charge is 0.508 e. The zero-order chi connectivity index (χ0) is 17.9. The van der Waals surface area contributed by atoms with Crippen LogP contribution in [0.2, 0.25) is 0 Å². The van der Waals surface area contributed by atoms with Gasteiger partial charge in [0, 0.05) is 18.0 Å². The number of ether oxygens (including phenoxy) is 1. The first kappa shape index (κ1) is 16.2. The molecule has 130 valence electrons. The summed E-state index contributed by atoms with van der Waals surface area (Å²) in [7, 11) is 0. The lowest BCUT2D eigenvalue weighted by Crippen LogP contribution is -2.25. The van der Waals surface area contributed by atoms with Crippen LogP contribution in [-0.2, 0) is 11.3 Å². The Bertz CT molecular complexity index is 906. The predicted octanol–water partition coefficient (Wildman–Crippen LogP) is 4.43. The van der Waals surface area contributed by atoms with E-state index < -0.39 is 6.09 Å². The number of nitrogens with one attached hydrogen (secondary N) is 1. The van der Waals surface area contributed by atoms with E-state index in [2.05, 4.69) is 29.6 Å². The maximum Gasteiger partial charge on any atom is 0.407 e. The number of phenolic OH excluding ortho intramolecular Hbond substituents is 1. The molecule has 4 rings (SSSR count). The summed E-state index contributed by atoms with van der Waals surface area (Å²) in [5, 5.41) is 12.4. The molecule has 1 amide bonds. The molecular formula is C22H19NO3. The van der Waals surface area contributed by atoms with Crippen LogP contribution in [0.4, 0.5) is 4.79 Å². The van der Waals surface area contributed by atoms with Crippen molar-refractivity contribution in [3.8, 4) is 16.9 Å². The third kappa shape index (κ3) is 3.02. The zero-order valence-corrected chi connectivity index (χ0v) is 14.2. The summed E-state index contributed by atoms with van der Waals surface area (Å²) in [5.74, 6) is 0.199. The van der Waals surface area contributed by atoms with E-state index in [-0.39, 0.29) is 24.8 Å². The topological polar surface area (TPSA) is 58.6 Å². The highest BCUT2D eigenvalue weighted by molar-refractivity contribution is 5.79. The van der Waals surface area contributed by atoms with Crippen molar-refractivity contribution in [1.82, 2.24) is 5.32 Å². The Morgan fingerprint density at radius 3 is 2.12 bits per heavy atom. The third-order valence-corrected chi connectivity index (χ3v) is 4.76. The number of carbonyl (C=O) groups is 1. The number of phenols is 1. The summed E-state index contributed by atoms with van der Waals surface area (Å²) in [4.78, 5) is 12.1. The molecule has 0 saturated heterocycles. The van der Waals surface area contributed by atoms with Gasteiger partial charge >= 0.3 is 6.09 Å². The number of rotatable bonds is 4. The molecule has 0 unspecified atom stereocenters. The van der Waals surface area contributed by atoms with E-state index >= 15 is 0 Å². The lowest BCUT2D eigenvalue weighted by molar-refractivity contribution is 0.142. The second-order valence-corrected chi connectivity index (χ2v) is 6.31. The highest BCUT2D eigenvalue weighted by Crippen LogP contribution is 2.44. The second-order valence-electron chi connectivity index (χ2n) is 6.31. The van der Waals surface area contributed by atoms with Crippen LogP contribution in [0, 0.1) is 0 Å². The Balaban J connectivity index is 1.43. The lowest BCUT2D eigenvalue weighted by Gasteiger charge is -2.14. The molecule has 0 aliphatic heterocycles. The fourth-order valence-electron chi connectivity index (χ4n) is 3.48. The van der Waals surface area contributed by atoms with E-state index in [4.69, 9.17) is 4.74 Å². The number of carbonyl (C=O) groups excluding carboxylic acids is 1. The van der Waals surface area contributed by atoms with Crippen LogP contribution in [0.1, 0.15) is 22.6 Å². The number of fused-ring (bicyclic) bond motifs is 3. The third-order valence-electron chi connectivity index (χ3n) is 4.76. The van der Waals surface area contributed by atoms with E-state index in [1.807, 2.05) is 30.3 Å². The lowest BCUT2D eigenvalue weighted by atomic mass is 9.98. The highest BCUT2D eigenvalue weighted by Gasteiger charge is 2.28. The first-order valence-electron chi connectivity index (χ1n) is 8.60. The number of hydrogen-bond donors (Lipinski definition) is 2. The number of aromatic hydroxyl groups is 1. The van der Waals surface area contributed by atoms with E-state index in [1.165, 1.54) is 22.3 Å². The Morgan fingerprint density at radius 2 is 1.46 bits per heavy atom. The van der Waals surface area contributed by atoms with E-state index in [0.29, 0.717) is 5.56 Å². The SMILES string of the molecule is O=C(NCc1ccccc1O)OCC1c2ccccc2-c2ccccc21. The molecule has 1 aliphatic carbocycles. The number of benzene rings is 3. The average Bonchev–Trinajstić information content (AvgIpc) is 3.00. The van der Waals surface area contributed by atoms with Crippen molar-refractivity contribution in [3.05, 3.63) is 89.5 Å². The molecule has 3 aromatic carbocycles. The normalized spacial score (nSPS) is 12.3. The number of alkyl carbamates (subject to hydrolysis) is 1. The van der Waals surface area contributed by atoms with Gasteiger partial charge in [0.2, 0.25) is 0 Å². The van der Waals surface area contributed by atoms with E-state index in [0.717, 1.165) is 0 Å². The van der Waals surface area contributed by atoms with Gasteiger partial charge in [-0.1, -0.05) is 66.7 Å². The minimum atomic E-state index is -0.491. The van der Waals surface area contributed by atoms with Gasteiger partial charge in [0.1, 0.15) is 12.4 Å². The maximum absolute atomic E-state index is 12.1. The molecule has 0 spiro atoms. The van der Waals surface area contributed by atoms with Gasteiger partial charge in [-0.25, -0.2) is 4.79 Å². The first-order chi connectivity index (χ1) is 12.7. The quantitative estimate of drug-likeness (QED) is 0.735. The average molecular weight is 345 g/mol. The monoisotopic (exact) mass is 345 g/mol. The van der Waals surface area contributed by atoms with Crippen molar-refractivity contribution >= 4 is 6.09 Å². The van der Waals surface area contributed by atoms with Crippen LogP contribution >= 0.6 is 0 Å². The van der Waals surface area contributed by atoms with Gasteiger partial charge in [0.25, 0.3) is 0 Å². The van der Waals surface area contributed by atoms with Crippen LogP contribution in [0.5, 0.6) is 5.75 Å². The molecule has 26 heavy (non-hydrogen) atoms. The molecule has 0 saturated carbocycles. The minimum Gasteiger partial charge on any atom is -0.508 e. The molecule has 2 N–H and O–H groups in total. The minimum absolute atomic E-state index is 0.0401.